The van der Waals surface area contributed by atoms with Crippen molar-refractivity contribution >= 4 is 11.8 Å². The molecular formula is C8H17NS. The third-order valence-electron chi connectivity index (χ3n) is 2.18. The molecule has 2 heteroatoms. The lowest BCUT2D eigenvalue weighted by Gasteiger charge is -2.19. The Kier molecular flexibility index (Phi) is 3.05. The number of hydrogen-bond acceptors (Lipinski definition) is 2. The van der Waals surface area contributed by atoms with Gasteiger partial charge in [-0.3, -0.25) is 0 Å². The smallest absolute Gasteiger partial charge is 0.0170 e. The molecule has 0 radical (unpaired) electrons. The molecule has 1 N–H and O–H groups in total. The van der Waals surface area contributed by atoms with Gasteiger partial charge in [-0.2, -0.15) is 11.8 Å². The van der Waals surface area contributed by atoms with Crippen LogP contribution >= 0.6 is 11.8 Å². The van der Waals surface area contributed by atoms with Crippen molar-refractivity contribution in [2.24, 2.45) is 0 Å². The molecule has 1 fully saturated rings. The van der Waals surface area contributed by atoms with Gasteiger partial charge in [0, 0.05) is 17.3 Å². The first kappa shape index (κ1) is 8.41. The lowest BCUT2D eigenvalue weighted by molar-refractivity contribution is 0.468. The van der Waals surface area contributed by atoms with E-state index >= 15 is 0 Å². The van der Waals surface area contributed by atoms with E-state index in [0.717, 1.165) is 5.25 Å². The Morgan fingerprint density at radius 3 is 2.70 bits per heavy atom. The van der Waals surface area contributed by atoms with Crippen LogP contribution in [-0.2, 0) is 0 Å². The highest BCUT2D eigenvalue weighted by Crippen LogP contribution is 2.19. The molecule has 0 aromatic rings. The van der Waals surface area contributed by atoms with Gasteiger partial charge in [-0.25, -0.2) is 0 Å². The van der Waals surface area contributed by atoms with Gasteiger partial charge in [-0.1, -0.05) is 6.92 Å². The first-order valence-electron chi connectivity index (χ1n) is 4.08. The Bertz CT molecular complexity index is 105. The van der Waals surface area contributed by atoms with Crippen LogP contribution < -0.4 is 5.32 Å². The minimum Gasteiger partial charge on any atom is -0.311 e. The molecule has 3 unspecified atom stereocenters. The van der Waals surface area contributed by atoms with Crippen molar-refractivity contribution in [3.8, 4) is 0 Å². The molecule has 1 saturated heterocycles. The molecule has 0 bridgehead atoms. The van der Waals surface area contributed by atoms with E-state index in [0.29, 0.717) is 12.1 Å². The maximum Gasteiger partial charge on any atom is 0.0170 e. The van der Waals surface area contributed by atoms with Crippen molar-refractivity contribution in [3.63, 3.8) is 0 Å². The Morgan fingerprint density at radius 2 is 2.00 bits per heavy atom. The van der Waals surface area contributed by atoms with Crippen LogP contribution in [0.2, 0.25) is 0 Å². The Labute approximate surface area is 68.0 Å². The predicted molar refractivity (Wildman–Crippen MR) is 48.6 cm³/mol. The summed E-state index contributed by atoms with van der Waals surface area (Å²) in [6, 6.07) is 1.40. The summed E-state index contributed by atoms with van der Waals surface area (Å²) >= 11 is 2.09. The van der Waals surface area contributed by atoms with Gasteiger partial charge in [0.15, 0.2) is 0 Å². The normalized spacial score (nSPS) is 42.9. The van der Waals surface area contributed by atoms with Gasteiger partial charge in [0.2, 0.25) is 0 Å². The van der Waals surface area contributed by atoms with Crippen molar-refractivity contribution in [2.45, 2.75) is 44.5 Å². The molecule has 1 aliphatic rings. The van der Waals surface area contributed by atoms with Crippen molar-refractivity contribution in [3.05, 3.63) is 0 Å². The zero-order chi connectivity index (χ0) is 7.56. The number of thioether (sulfide) groups is 1. The molecule has 1 aliphatic heterocycles. The van der Waals surface area contributed by atoms with Gasteiger partial charge in [-0.15, -0.1) is 0 Å². The molecule has 3 atom stereocenters. The number of nitrogens with one attached hydrogen (secondary N) is 1. The van der Waals surface area contributed by atoms with Crippen LogP contribution in [0.5, 0.6) is 0 Å². The molecule has 10 heavy (non-hydrogen) atoms. The van der Waals surface area contributed by atoms with Crippen LogP contribution in [0.4, 0.5) is 0 Å². The van der Waals surface area contributed by atoms with E-state index in [9.17, 15) is 0 Å². The van der Waals surface area contributed by atoms with Gasteiger partial charge in [-0.05, 0) is 26.0 Å². The summed E-state index contributed by atoms with van der Waals surface area (Å²) in [7, 11) is 0. The summed E-state index contributed by atoms with van der Waals surface area (Å²) in [5.74, 6) is 1.32. The maximum atomic E-state index is 3.57. The zero-order valence-corrected chi connectivity index (χ0v) is 7.87. The summed E-state index contributed by atoms with van der Waals surface area (Å²) in [4.78, 5) is 0. The fourth-order valence-corrected chi connectivity index (χ4v) is 2.47. The van der Waals surface area contributed by atoms with E-state index in [2.05, 4.69) is 37.8 Å². The topological polar surface area (TPSA) is 12.0 Å². The Hall–Kier alpha value is 0.310. The zero-order valence-electron chi connectivity index (χ0n) is 7.05. The number of rotatable bonds is 0. The molecule has 0 spiro atoms. The van der Waals surface area contributed by atoms with Crippen molar-refractivity contribution in [2.75, 3.05) is 5.75 Å². The van der Waals surface area contributed by atoms with Crippen molar-refractivity contribution < 1.29 is 0 Å². The quantitative estimate of drug-likeness (QED) is 0.579. The Morgan fingerprint density at radius 1 is 1.30 bits per heavy atom. The molecule has 1 nitrogen and oxygen atoms in total. The summed E-state index contributed by atoms with van der Waals surface area (Å²) in [6.45, 7) is 6.86. The van der Waals surface area contributed by atoms with Gasteiger partial charge in [0.05, 0.1) is 0 Å². The maximum absolute atomic E-state index is 3.57. The first-order chi connectivity index (χ1) is 4.70. The van der Waals surface area contributed by atoms with Crippen LogP contribution in [-0.4, -0.2) is 23.1 Å². The van der Waals surface area contributed by atoms with Crippen molar-refractivity contribution in [1.82, 2.24) is 5.32 Å². The third kappa shape index (κ3) is 2.17. The molecule has 0 aromatic carbocycles. The molecule has 0 aromatic heterocycles. The van der Waals surface area contributed by atoms with E-state index in [1.807, 2.05) is 0 Å². The van der Waals surface area contributed by atoms with Gasteiger partial charge >= 0.3 is 0 Å². The highest BCUT2D eigenvalue weighted by atomic mass is 32.2. The summed E-state index contributed by atoms with van der Waals surface area (Å²) < 4.78 is 0. The van der Waals surface area contributed by atoms with Gasteiger partial charge in [0.25, 0.3) is 0 Å². The minimum atomic E-state index is 0.683. The molecular weight excluding hydrogens is 142 g/mol. The van der Waals surface area contributed by atoms with E-state index in [1.54, 1.807) is 0 Å². The third-order valence-corrected chi connectivity index (χ3v) is 3.59. The van der Waals surface area contributed by atoms with Crippen LogP contribution in [0.15, 0.2) is 0 Å². The molecule has 1 heterocycles. The summed E-state index contributed by atoms with van der Waals surface area (Å²) in [5, 5.41) is 4.35. The monoisotopic (exact) mass is 159 g/mol. The van der Waals surface area contributed by atoms with Crippen LogP contribution in [0, 0.1) is 0 Å². The van der Waals surface area contributed by atoms with Crippen LogP contribution in [0.25, 0.3) is 0 Å². The molecule has 0 aliphatic carbocycles. The lowest BCUT2D eigenvalue weighted by Crippen LogP contribution is -2.37. The SMILES string of the molecule is CC1CCSC(C)C(C)N1. The molecule has 1 rings (SSSR count). The highest BCUT2D eigenvalue weighted by Gasteiger charge is 2.18. The van der Waals surface area contributed by atoms with E-state index < -0.39 is 0 Å². The minimum absolute atomic E-state index is 0.683. The van der Waals surface area contributed by atoms with E-state index in [4.69, 9.17) is 0 Å². The van der Waals surface area contributed by atoms with E-state index in [-0.39, 0.29) is 0 Å². The Balaban J connectivity index is 2.41. The molecule has 0 saturated carbocycles. The summed E-state index contributed by atoms with van der Waals surface area (Å²) in [5.41, 5.74) is 0. The fourth-order valence-electron chi connectivity index (χ4n) is 1.24. The van der Waals surface area contributed by atoms with Gasteiger partial charge < -0.3 is 5.32 Å². The second kappa shape index (κ2) is 3.63. The second-order valence-corrected chi connectivity index (χ2v) is 4.71. The average molecular weight is 159 g/mol. The average Bonchev–Trinajstić information content (AvgIpc) is 1.96. The predicted octanol–water partition coefficient (Wildman–Crippen LogP) is 1.88. The van der Waals surface area contributed by atoms with Gasteiger partial charge in [0.1, 0.15) is 0 Å². The largest absolute Gasteiger partial charge is 0.311 e. The second-order valence-electron chi connectivity index (χ2n) is 3.22. The standard InChI is InChI=1S/C8H17NS/c1-6-4-5-10-8(3)7(2)9-6/h6-9H,4-5H2,1-3H3. The summed E-state index contributed by atoms with van der Waals surface area (Å²) in [6.07, 6.45) is 1.32. The van der Waals surface area contributed by atoms with Crippen LogP contribution in [0.3, 0.4) is 0 Å². The molecule has 0 amide bonds. The van der Waals surface area contributed by atoms with E-state index in [1.165, 1.54) is 12.2 Å². The van der Waals surface area contributed by atoms with Crippen LogP contribution in [0.1, 0.15) is 27.2 Å². The lowest BCUT2D eigenvalue weighted by atomic mass is 10.2. The highest BCUT2D eigenvalue weighted by molar-refractivity contribution is 7.99. The molecule has 60 valence electrons. The number of hydrogen-bond donors (Lipinski definition) is 1. The fraction of sp³-hybridized carbons (Fsp3) is 1.00. The first-order valence-corrected chi connectivity index (χ1v) is 5.12. The van der Waals surface area contributed by atoms with Crippen molar-refractivity contribution in [1.29, 1.82) is 0 Å².